The molecule has 20 heteroatoms. The van der Waals surface area contributed by atoms with E-state index in [1.54, 1.807) is 0 Å². The largest absolute Gasteiger partial charge is 0.329 e. The average molecular weight is 877 g/mol. The molecule has 0 aliphatic carbocycles. The Bertz CT molecular complexity index is 846. The zero-order valence-corrected chi connectivity index (χ0v) is 40.2. The van der Waals surface area contributed by atoms with E-state index in [2.05, 4.69) is 98.0 Å². The van der Waals surface area contributed by atoms with Crippen LogP contribution in [-0.2, 0) is 0 Å². The van der Waals surface area contributed by atoms with Crippen LogP contribution in [0.3, 0.4) is 0 Å². The highest BCUT2D eigenvalue weighted by Crippen LogP contribution is 1.92. The summed E-state index contributed by atoms with van der Waals surface area (Å²) in [6.45, 7) is 34.5. The number of nitrogens with one attached hydrogen (secondary N) is 8. The summed E-state index contributed by atoms with van der Waals surface area (Å²) in [6.07, 6.45) is 0. The third-order valence-corrected chi connectivity index (χ3v) is 10.6. The van der Waals surface area contributed by atoms with Crippen molar-refractivity contribution in [3.63, 3.8) is 0 Å². The van der Waals surface area contributed by atoms with Crippen LogP contribution in [0, 0.1) is 0 Å². The predicted molar refractivity (Wildman–Crippen MR) is 263 cm³/mol. The van der Waals surface area contributed by atoms with Crippen LogP contribution in [0.5, 0.6) is 0 Å². The fourth-order valence-electron chi connectivity index (χ4n) is 6.78. The second kappa shape index (κ2) is 47.2. The summed E-state index contributed by atoms with van der Waals surface area (Å²) < 4.78 is 0. The standard InChI is InChI=1S/C41H104N20/c1-47-11-12-48-14-30-58(27-9-46)31-16-51-19-34-59(32-17-49-13-28-56(4)24-6-43)35-20-52-21-36-60(33-18-50-15-29-57(25-7-44)26-8-45)37-22-53-23-38-61(40-39-55(2)3)41-54-10-5-42/h47-54H,5-46H2,1-4H3. The van der Waals surface area contributed by atoms with Crippen LogP contribution in [0.15, 0.2) is 0 Å². The van der Waals surface area contributed by atoms with E-state index in [0.29, 0.717) is 32.7 Å². The van der Waals surface area contributed by atoms with Crippen molar-refractivity contribution in [2.45, 2.75) is 0 Å². The number of nitrogens with zero attached hydrogens (tertiary/aromatic N) is 7. The first-order valence-electron chi connectivity index (χ1n) is 23.9. The molecule has 0 fully saturated rings. The van der Waals surface area contributed by atoms with E-state index < -0.39 is 0 Å². The van der Waals surface area contributed by atoms with Crippen molar-refractivity contribution in [2.75, 3.05) is 270 Å². The smallest absolute Gasteiger partial charge is 0.0481 e. The first-order chi connectivity index (χ1) is 29.8. The third-order valence-electron chi connectivity index (χ3n) is 10.6. The minimum atomic E-state index is 0.659. The van der Waals surface area contributed by atoms with Gasteiger partial charge in [0.2, 0.25) is 0 Å². The Kier molecular flexibility index (Phi) is 46.6. The molecule has 0 spiro atoms. The van der Waals surface area contributed by atoms with E-state index in [0.717, 1.165) is 210 Å². The highest BCUT2D eigenvalue weighted by molar-refractivity contribution is 4.70. The molecule has 61 heavy (non-hydrogen) atoms. The maximum Gasteiger partial charge on any atom is 0.0481 e. The van der Waals surface area contributed by atoms with Crippen molar-refractivity contribution in [1.29, 1.82) is 0 Å². The molecule has 368 valence electrons. The molecular formula is C41H104N20. The molecule has 0 bridgehead atoms. The Balaban J connectivity index is 5.05. The number of rotatable bonds is 51. The molecule has 0 radical (unpaired) electrons. The van der Waals surface area contributed by atoms with Gasteiger partial charge in [0.1, 0.15) is 0 Å². The summed E-state index contributed by atoms with van der Waals surface area (Å²) in [5.41, 5.74) is 29.0. The molecule has 0 unspecified atom stereocenters. The summed E-state index contributed by atoms with van der Waals surface area (Å²) in [5, 5.41) is 28.7. The van der Waals surface area contributed by atoms with Crippen molar-refractivity contribution in [3.05, 3.63) is 0 Å². The van der Waals surface area contributed by atoms with Gasteiger partial charge >= 0.3 is 0 Å². The van der Waals surface area contributed by atoms with Gasteiger partial charge in [0.25, 0.3) is 0 Å². The minimum absolute atomic E-state index is 0.659. The summed E-state index contributed by atoms with van der Waals surface area (Å²) in [5.74, 6) is 0. The summed E-state index contributed by atoms with van der Waals surface area (Å²) in [7, 11) is 8.38. The molecule has 0 rings (SSSR count). The molecule has 0 aromatic carbocycles. The van der Waals surface area contributed by atoms with Crippen molar-refractivity contribution >= 4 is 0 Å². The van der Waals surface area contributed by atoms with Crippen LogP contribution in [0.25, 0.3) is 0 Å². The zero-order chi connectivity index (χ0) is 44.9. The van der Waals surface area contributed by atoms with Crippen LogP contribution in [0.1, 0.15) is 0 Å². The topological polar surface area (TPSA) is 249 Å². The molecule has 0 saturated heterocycles. The molecule has 0 heterocycles. The second-order valence-electron chi connectivity index (χ2n) is 16.3. The molecule has 0 aliphatic heterocycles. The van der Waals surface area contributed by atoms with Crippen LogP contribution in [-0.4, -0.2) is 305 Å². The lowest BCUT2D eigenvalue weighted by Gasteiger charge is -2.26. The van der Waals surface area contributed by atoms with E-state index in [1.807, 2.05) is 7.05 Å². The highest BCUT2D eigenvalue weighted by atomic mass is 15.3. The van der Waals surface area contributed by atoms with E-state index in [9.17, 15) is 0 Å². The van der Waals surface area contributed by atoms with Gasteiger partial charge < -0.3 is 81.0 Å². The van der Waals surface area contributed by atoms with Gasteiger partial charge in [0.05, 0.1) is 0 Å². The minimum Gasteiger partial charge on any atom is -0.329 e. The maximum absolute atomic E-state index is 5.92. The normalized spacial score (nSPS) is 12.4. The monoisotopic (exact) mass is 877 g/mol. The predicted octanol–water partition coefficient (Wildman–Crippen LogP) is -6.91. The molecular weight excluding hydrogens is 773 g/mol. The van der Waals surface area contributed by atoms with Crippen molar-refractivity contribution < 1.29 is 0 Å². The van der Waals surface area contributed by atoms with Crippen molar-refractivity contribution in [3.8, 4) is 0 Å². The Labute approximate surface area is 375 Å². The average Bonchev–Trinajstić information content (AvgIpc) is 3.24. The van der Waals surface area contributed by atoms with Crippen molar-refractivity contribution in [2.24, 2.45) is 28.7 Å². The van der Waals surface area contributed by atoms with Crippen LogP contribution < -0.4 is 71.2 Å². The Morgan fingerprint density at radius 3 is 0.951 bits per heavy atom. The van der Waals surface area contributed by atoms with Gasteiger partial charge in [-0.25, -0.2) is 0 Å². The van der Waals surface area contributed by atoms with Gasteiger partial charge in [-0.3, -0.25) is 24.5 Å². The SMILES string of the molecule is CNCCNCCN(CCN)CCNCCN(CCNCCN(C)CCN)CCNCCN(CCNCCN(CCN)CCN)CCNCCN(CCN(C)C)CNCCN. The van der Waals surface area contributed by atoms with Crippen LogP contribution in [0.4, 0.5) is 0 Å². The van der Waals surface area contributed by atoms with Crippen LogP contribution >= 0.6 is 0 Å². The highest BCUT2D eigenvalue weighted by Gasteiger charge is 2.10. The maximum atomic E-state index is 5.92. The summed E-state index contributed by atoms with van der Waals surface area (Å²) >= 11 is 0. The van der Waals surface area contributed by atoms with Crippen molar-refractivity contribution in [1.82, 2.24) is 76.8 Å². The lowest BCUT2D eigenvalue weighted by atomic mass is 10.3. The Morgan fingerprint density at radius 1 is 0.279 bits per heavy atom. The van der Waals surface area contributed by atoms with Crippen LogP contribution in [0.2, 0.25) is 0 Å². The molecule has 0 aliphatic rings. The lowest BCUT2D eigenvalue weighted by Crippen LogP contribution is -2.45. The van der Waals surface area contributed by atoms with Gasteiger partial charge in [-0.2, -0.15) is 0 Å². The second-order valence-corrected chi connectivity index (χ2v) is 16.3. The first kappa shape index (κ1) is 60.2. The summed E-state index contributed by atoms with van der Waals surface area (Å²) in [4.78, 5) is 16.9. The molecule has 18 N–H and O–H groups in total. The molecule has 20 nitrogen and oxygen atoms in total. The van der Waals surface area contributed by atoms with Gasteiger partial charge in [0, 0.05) is 242 Å². The molecule has 0 aromatic rings. The Morgan fingerprint density at radius 2 is 0.607 bits per heavy atom. The van der Waals surface area contributed by atoms with Gasteiger partial charge in [-0.15, -0.1) is 0 Å². The number of hydrogen-bond acceptors (Lipinski definition) is 20. The molecule has 0 saturated carbocycles. The summed E-state index contributed by atoms with van der Waals surface area (Å²) in [6, 6.07) is 0. The number of nitrogens with two attached hydrogens (primary N) is 5. The molecule has 0 amide bonds. The van der Waals surface area contributed by atoms with E-state index in [-0.39, 0.29) is 0 Å². The molecule has 0 atom stereocenters. The van der Waals surface area contributed by atoms with E-state index >= 15 is 0 Å². The van der Waals surface area contributed by atoms with Gasteiger partial charge in [0.15, 0.2) is 0 Å². The first-order valence-corrected chi connectivity index (χ1v) is 23.9. The van der Waals surface area contributed by atoms with E-state index in [1.165, 1.54) is 0 Å². The zero-order valence-electron chi connectivity index (χ0n) is 40.2. The van der Waals surface area contributed by atoms with E-state index in [4.69, 9.17) is 28.7 Å². The number of hydrogen-bond donors (Lipinski definition) is 13. The molecule has 0 aromatic heterocycles. The van der Waals surface area contributed by atoms with Gasteiger partial charge in [-0.05, 0) is 28.2 Å². The van der Waals surface area contributed by atoms with Gasteiger partial charge in [-0.1, -0.05) is 0 Å². The Hall–Kier alpha value is -0.800. The fourth-order valence-corrected chi connectivity index (χ4v) is 6.78. The number of likely N-dealkylation sites (N-methyl/N-ethyl adjacent to an activating group) is 3. The third kappa shape index (κ3) is 41.6. The lowest BCUT2D eigenvalue weighted by molar-refractivity contribution is 0.222. The quantitative estimate of drug-likeness (QED) is 0.0201. The fraction of sp³-hybridized carbons (Fsp3) is 1.00.